The number of morpholine rings is 1. The van der Waals surface area contributed by atoms with Crippen molar-refractivity contribution in [2.45, 2.75) is 6.54 Å². The fourth-order valence-electron chi connectivity index (χ4n) is 3.20. The number of nitro groups is 1. The number of benzene rings is 1. The van der Waals surface area contributed by atoms with E-state index in [2.05, 4.69) is 25.5 Å². The smallest absolute Gasteiger partial charge is 0.311 e. The van der Waals surface area contributed by atoms with Crippen LogP contribution in [0.15, 0.2) is 60.9 Å². The Morgan fingerprint density at radius 2 is 1.77 bits per heavy atom. The molecule has 1 aliphatic heterocycles. The minimum atomic E-state index is -0.440. The zero-order valence-corrected chi connectivity index (χ0v) is 16.3. The first-order valence-corrected chi connectivity index (χ1v) is 9.67. The molecule has 1 fully saturated rings. The zero-order valence-electron chi connectivity index (χ0n) is 16.3. The van der Waals surface area contributed by atoms with E-state index in [1.807, 2.05) is 36.4 Å². The van der Waals surface area contributed by atoms with Crippen LogP contribution in [0.2, 0.25) is 0 Å². The molecule has 1 aliphatic rings. The molecule has 3 aromatic rings. The molecule has 3 heterocycles. The van der Waals surface area contributed by atoms with Crippen LogP contribution in [-0.2, 0) is 11.3 Å². The Hall–Kier alpha value is -3.72. The Morgan fingerprint density at radius 3 is 2.47 bits per heavy atom. The molecule has 0 amide bonds. The largest absolute Gasteiger partial charge is 0.378 e. The van der Waals surface area contributed by atoms with Gasteiger partial charge < -0.3 is 20.3 Å². The second-order valence-electron chi connectivity index (χ2n) is 6.80. The molecule has 2 aromatic heterocycles. The first-order chi connectivity index (χ1) is 14.7. The third-order valence-corrected chi connectivity index (χ3v) is 4.80. The SMILES string of the molecule is O=[N+]([O-])c1ccc(NCc2ccncc2)nc1Nc1ccc(N2CCOCC2)cc1. The lowest BCUT2D eigenvalue weighted by molar-refractivity contribution is -0.384. The van der Waals surface area contributed by atoms with Crippen molar-refractivity contribution in [3.63, 3.8) is 0 Å². The molecule has 1 aromatic carbocycles. The first kappa shape index (κ1) is 19.6. The van der Waals surface area contributed by atoms with Gasteiger partial charge in [-0.05, 0) is 48.0 Å². The highest BCUT2D eigenvalue weighted by atomic mass is 16.6. The van der Waals surface area contributed by atoms with E-state index in [9.17, 15) is 10.1 Å². The number of pyridine rings is 2. The average Bonchev–Trinajstić information content (AvgIpc) is 2.79. The van der Waals surface area contributed by atoms with Crippen molar-refractivity contribution in [2.75, 3.05) is 41.8 Å². The summed E-state index contributed by atoms with van der Waals surface area (Å²) in [6.07, 6.45) is 3.43. The highest BCUT2D eigenvalue weighted by Crippen LogP contribution is 2.28. The molecule has 0 spiro atoms. The third kappa shape index (κ3) is 4.81. The first-order valence-electron chi connectivity index (χ1n) is 9.67. The van der Waals surface area contributed by atoms with Crippen LogP contribution in [0.25, 0.3) is 0 Å². The van der Waals surface area contributed by atoms with Crippen LogP contribution in [0.4, 0.5) is 28.7 Å². The van der Waals surface area contributed by atoms with E-state index in [0.717, 1.165) is 43.2 Å². The molecular formula is C21H22N6O3. The summed E-state index contributed by atoms with van der Waals surface area (Å²) in [4.78, 5) is 21.7. The van der Waals surface area contributed by atoms with E-state index in [0.29, 0.717) is 12.4 Å². The lowest BCUT2D eigenvalue weighted by atomic mass is 10.2. The lowest BCUT2D eigenvalue weighted by Gasteiger charge is -2.28. The van der Waals surface area contributed by atoms with E-state index in [-0.39, 0.29) is 11.5 Å². The number of aromatic nitrogens is 2. The fraction of sp³-hybridized carbons (Fsp3) is 0.238. The molecule has 1 saturated heterocycles. The van der Waals surface area contributed by atoms with Crippen molar-refractivity contribution >= 4 is 28.7 Å². The molecular weight excluding hydrogens is 384 g/mol. The summed E-state index contributed by atoms with van der Waals surface area (Å²) >= 11 is 0. The Morgan fingerprint density at radius 1 is 1.03 bits per heavy atom. The number of anilines is 4. The normalized spacial score (nSPS) is 13.7. The summed E-state index contributed by atoms with van der Waals surface area (Å²) in [5, 5.41) is 17.7. The van der Waals surface area contributed by atoms with Crippen molar-refractivity contribution in [2.24, 2.45) is 0 Å². The number of rotatable bonds is 7. The maximum Gasteiger partial charge on any atom is 0.311 e. The lowest BCUT2D eigenvalue weighted by Crippen LogP contribution is -2.36. The second kappa shape index (κ2) is 9.19. The minimum Gasteiger partial charge on any atom is -0.378 e. The predicted octanol–water partition coefficient (Wildman–Crippen LogP) is 3.58. The van der Waals surface area contributed by atoms with Crippen molar-refractivity contribution in [3.05, 3.63) is 76.6 Å². The van der Waals surface area contributed by atoms with Gasteiger partial charge in [-0.25, -0.2) is 4.98 Å². The monoisotopic (exact) mass is 406 g/mol. The molecule has 2 N–H and O–H groups in total. The maximum absolute atomic E-state index is 11.4. The molecule has 154 valence electrons. The number of nitrogens with zero attached hydrogens (tertiary/aromatic N) is 4. The van der Waals surface area contributed by atoms with E-state index in [4.69, 9.17) is 4.74 Å². The second-order valence-corrected chi connectivity index (χ2v) is 6.80. The molecule has 9 nitrogen and oxygen atoms in total. The van der Waals surface area contributed by atoms with Crippen LogP contribution >= 0.6 is 0 Å². The summed E-state index contributed by atoms with van der Waals surface area (Å²) in [5.74, 6) is 0.740. The minimum absolute atomic E-state index is 0.0817. The van der Waals surface area contributed by atoms with Gasteiger partial charge in [0.05, 0.1) is 18.1 Å². The van der Waals surface area contributed by atoms with E-state index < -0.39 is 4.92 Å². The number of hydrogen-bond donors (Lipinski definition) is 2. The van der Waals surface area contributed by atoms with Crippen molar-refractivity contribution in [1.29, 1.82) is 0 Å². The van der Waals surface area contributed by atoms with Crippen molar-refractivity contribution in [3.8, 4) is 0 Å². The van der Waals surface area contributed by atoms with Crippen molar-refractivity contribution in [1.82, 2.24) is 9.97 Å². The van der Waals surface area contributed by atoms with Gasteiger partial charge in [0.15, 0.2) is 0 Å². The van der Waals surface area contributed by atoms with Crippen LogP contribution in [0.5, 0.6) is 0 Å². The summed E-state index contributed by atoms with van der Waals surface area (Å²) in [6, 6.07) is 14.6. The van der Waals surface area contributed by atoms with Gasteiger partial charge in [0.25, 0.3) is 0 Å². The van der Waals surface area contributed by atoms with Gasteiger partial charge in [-0.3, -0.25) is 15.1 Å². The predicted molar refractivity (Wildman–Crippen MR) is 115 cm³/mol. The molecule has 0 aliphatic carbocycles. The Balaban J connectivity index is 1.49. The maximum atomic E-state index is 11.4. The van der Waals surface area contributed by atoms with Crippen LogP contribution in [-0.4, -0.2) is 41.2 Å². The third-order valence-electron chi connectivity index (χ3n) is 4.80. The molecule has 4 rings (SSSR count). The molecule has 0 unspecified atom stereocenters. The van der Waals surface area contributed by atoms with Gasteiger partial charge in [0.1, 0.15) is 5.82 Å². The molecule has 9 heteroatoms. The van der Waals surface area contributed by atoms with Crippen LogP contribution in [0.3, 0.4) is 0 Å². The summed E-state index contributed by atoms with van der Waals surface area (Å²) in [7, 11) is 0. The summed E-state index contributed by atoms with van der Waals surface area (Å²) in [5.41, 5.74) is 2.79. The standard InChI is InChI=1S/C21H22N6O3/c28-27(29)19-5-6-20(23-15-16-7-9-22-10-8-16)25-21(19)24-17-1-3-18(4-2-17)26-11-13-30-14-12-26/h1-10H,11-15H2,(H2,23,24,25). The van der Waals surface area contributed by atoms with Gasteiger partial charge >= 0.3 is 5.69 Å². The summed E-state index contributed by atoms with van der Waals surface area (Å²) in [6.45, 7) is 3.68. The fourth-order valence-corrected chi connectivity index (χ4v) is 3.20. The molecule has 0 saturated carbocycles. The highest BCUT2D eigenvalue weighted by Gasteiger charge is 2.17. The van der Waals surface area contributed by atoms with Gasteiger partial charge in [0.2, 0.25) is 5.82 Å². The molecule has 30 heavy (non-hydrogen) atoms. The van der Waals surface area contributed by atoms with Crippen LogP contribution < -0.4 is 15.5 Å². The Bertz CT molecular complexity index is 991. The van der Waals surface area contributed by atoms with Crippen molar-refractivity contribution < 1.29 is 9.66 Å². The van der Waals surface area contributed by atoms with Gasteiger partial charge in [-0.15, -0.1) is 0 Å². The Kier molecular flexibility index (Phi) is 6.00. The molecule has 0 atom stereocenters. The number of hydrogen-bond acceptors (Lipinski definition) is 8. The zero-order chi connectivity index (χ0) is 20.8. The van der Waals surface area contributed by atoms with Crippen LogP contribution in [0.1, 0.15) is 5.56 Å². The van der Waals surface area contributed by atoms with E-state index in [1.165, 1.54) is 6.07 Å². The van der Waals surface area contributed by atoms with Gasteiger partial charge in [-0.1, -0.05) is 0 Å². The topological polar surface area (TPSA) is 105 Å². The quantitative estimate of drug-likeness (QED) is 0.453. The molecule has 0 radical (unpaired) electrons. The van der Waals surface area contributed by atoms with E-state index in [1.54, 1.807) is 18.5 Å². The van der Waals surface area contributed by atoms with E-state index >= 15 is 0 Å². The van der Waals surface area contributed by atoms with Crippen LogP contribution in [0, 0.1) is 10.1 Å². The van der Waals surface area contributed by atoms with Gasteiger partial charge in [-0.2, -0.15) is 0 Å². The summed E-state index contributed by atoms with van der Waals surface area (Å²) < 4.78 is 5.38. The number of ether oxygens (including phenoxy) is 1. The molecule has 0 bridgehead atoms. The highest BCUT2D eigenvalue weighted by molar-refractivity contribution is 5.69. The van der Waals surface area contributed by atoms with Gasteiger partial charge in [0, 0.05) is 49.5 Å². The number of nitrogens with one attached hydrogen (secondary N) is 2. The average molecular weight is 406 g/mol. The Labute approximate surface area is 173 Å².